The second-order valence-corrected chi connectivity index (χ2v) is 9.62. The molecule has 2 fully saturated rings. The Bertz CT molecular complexity index is 1110. The number of hydrogen-bond acceptors (Lipinski definition) is 3. The molecular formula is C28H32N2O2. The molecule has 4 heteroatoms. The standard InChI is InChI=1S/C28H32N2O2/c1-19-14-23(15-20(2)26(19)18-29-12-10-22(11-13-29)28(31)32)24-16-30(17-24)27-9-5-7-21-6-3-4-8-25(21)27/h3-9,14-15,22,24H,10-13,16-18H2,1-2H3,(H,31,32). The highest BCUT2D eigenvalue weighted by molar-refractivity contribution is 5.94. The Labute approximate surface area is 190 Å². The number of nitrogens with zero attached hydrogens (tertiary/aromatic N) is 2. The molecule has 2 aliphatic rings. The van der Waals surface area contributed by atoms with Gasteiger partial charge in [0.25, 0.3) is 0 Å². The summed E-state index contributed by atoms with van der Waals surface area (Å²) < 4.78 is 0. The van der Waals surface area contributed by atoms with E-state index in [1.165, 1.54) is 38.7 Å². The lowest BCUT2D eigenvalue weighted by Gasteiger charge is -2.42. The van der Waals surface area contributed by atoms with Gasteiger partial charge in [-0.2, -0.15) is 0 Å². The van der Waals surface area contributed by atoms with Crippen LogP contribution in [0, 0.1) is 19.8 Å². The molecule has 0 bridgehead atoms. The summed E-state index contributed by atoms with van der Waals surface area (Å²) in [6.07, 6.45) is 1.52. The summed E-state index contributed by atoms with van der Waals surface area (Å²) in [5, 5.41) is 11.9. The van der Waals surface area contributed by atoms with Crippen LogP contribution in [0.4, 0.5) is 5.69 Å². The van der Waals surface area contributed by atoms with Gasteiger partial charge in [0.15, 0.2) is 0 Å². The van der Waals surface area contributed by atoms with E-state index < -0.39 is 5.97 Å². The smallest absolute Gasteiger partial charge is 0.306 e. The van der Waals surface area contributed by atoms with E-state index in [4.69, 9.17) is 0 Å². The quantitative estimate of drug-likeness (QED) is 0.594. The molecule has 0 unspecified atom stereocenters. The van der Waals surface area contributed by atoms with Crippen molar-refractivity contribution in [3.63, 3.8) is 0 Å². The third-order valence-electron chi connectivity index (χ3n) is 7.50. The van der Waals surface area contributed by atoms with E-state index in [0.29, 0.717) is 5.92 Å². The minimum atomic E-state index is -0.639. The molecule has 2 heterocycles. The Morgan fingerprint density at radius 3 is 2.31 bits per heavy atom. The van der Waals surface area contributed by atoms with Crippen LogP contribution in [0.5, 0.6) is 0 Å². The summed E-state index contributed by atoms with van der Waals surface area (Å²) in [6, 6.07) is 20.0. The number of carboxylic acids is 1. The SMILES string of the molecule is Cc1cc(C2CN(c3cccc4ccccc34)C2)cc(C)c1CN1CCC(C(=O)O)CC1. The Morgan fingerprint density at radius 2 is 1.62 bits per heavy atom. The highest BCUT2D eigenvalue weighted by Crippen LogP contribution is 2.37. The molecule has 2 saturated heterocycles. The number of carboxylic acid groups (broad SMARTS) is 1. The van der Waals surface area contributed by atoms with Gasteiger partial charge in [0.05, 0.1) is 5.92 Å². The molecule has 32 heavy (non-hydrogen) atoms. The van der Waals surface area contributed by atoms with Crippen molar-refractivity contribution in [3.05, 3.63) is 76.9 Å². The van der Waals surface area contributed by atoms with E-state index in [9.17, 15) is 9.90 Å². The van der Waals surface area contributed by atoms with E-state index in [1.807, 2.05) is 0 Å². The number of carbonyl (C=O) groups is 1. The first-order valence-corrected chi connectivity index (χ1v) is 11.8. The van der Waals surface area contributed by atoms with Gasteiger partial charge >= 0.3 is 5.97 Å². The van der Waals surface area contributed by atoms with E-state index in [-0.39, 0.29) is 5.92 Å². The lowest BCUT2D eigenvalue weighted by atomic mass is 9.86. The van der Waals surface area contributed by atoms with E-state index in [0.717, 1.165) is 45.6 Å². The number of piperidine rings is 1. The molecule has 0 aromatic heterocycles. The van der Waals surface area contributed by atoms with Gasteiger partial charge in [0.1, 0.15) is 0 Å². The zero-order valence-electron chi connectivity index (χ0n) is 19.1. The summed E-state index contributed by atoms with van der Waals surface area (Å²) in [6.45, 7) is 9.27. The van der Waals surface area contributed by atoms with Gasteiger partial charge in [0.2, 0.25) is 0 Å². The third-order valence-corrected chi connectivity index (χ3v) is 7.50. The number of aryl methyl sites for hydroxylation is 2. The molecule has 0 amide bonds. The van der Waals surface area contributed by atoms with Gasteiger partial charge in [0, 0.05) is 36.6 Å². The molecule has 1 N–H and O–H groups in total. The van der Waals surface area contributed by atoms with Crippen LogP contribution < -0.4 is 4.90 Å². The van der Waals surface area contributed by atoms with Crippen molar-refractivity contribution in [1.82, 2.24) is 4.90 Å². The molecule has 0 spiro atoms. The van der Waals surface area contributed by atoms with Gasteiger partial charge in [-0.25, -0.2) is 0 Å². The van der Waals surface area contributed by atoms with E-state index in [2.05, 4.69) is 78.2 Å². The lowest BCUT2D eigenvalue weighted by Crippen LogP contribution is -2.45. The second kappa shape index (κ2) is 8.59. The minimum absolute atomic E-state index is 0.167. The molecule has 166 valence electrons. The molecule has 0 atom stereocenters. The van der Waals surface area contributed by atoms with Gasteiger partial charge in [-0.15, -0.1) is 0 Å². The minimum Gasteiger partial charge on any atom is -0.481 e. The summed E-state index contributed by atoms with van der Waals surface area (Å²) in [5.74, 6) is -0.231. The predicted molar refractivity (Wildman–Crippen MR) is 130 cm³/mol. The molecule has 3 aromatic carbocycles. The summed E-state index contributed by atoms with van der Waals surface area (Å²) in [4.78, 5) is 16.1. The molecule has 4 nitrogen and oxygen atoms in total. The third kappa shape index (κ3) is 4.00. The summed E-state index contributed by atoms with van der Waals surface area (Å²) >= 11 is 0. The highest BCUT2D eigenvalue weighted by Gasteiger charge is 2.30. The second-order valence-electron chi connectivity index (χ2n) is 9.62. The average molecular weight is 429 g/mol. The Kier molecular flexibility index (Phi) is 5.64. The number of rotatable bonds is 5. The molecule has 3 aromatic rings. The van der Waals surface area contributed by atoms with Crippen molar-refractivity contribution >= 4 is 22.4 Å². The fourth-order valence-electron chi connectivity index (χ4n) is 5.44. The van der Waals surface area contributed by atoms with Crippen LogP contribution >= 0.6 is 0 Å². The number of hydrogen-bond donors (Lipinski definition) is 1. The van der Waals surface area contributed by atoms with Crippen LogP contribution in [0.1, 0.15) is 41.0 Å². The number of likely N-dealkylation sites (tertiary alicyclic amines) is 1. The maximum absolute atomic E-state index is 11.2. The van der Waals surface area contributed by atoms with Gasteiger partial charge in [-0.1, -0.05) is 48.5 Å². The van der Waals surface area contributed by atoms with Crippen LogP contribution in [0.15, 0.2) is 54.6 Å². The van der Waals surface area contributed by atoms with Crippen molar-refractivity contribution in [3.8, 4) is 0 Å². The van der Waals surface area contributed by atoms with Crippen molar-refractivity contribution in [2.75, 3.05) is 31.1 Å². The van der Waals surface area contributed by atoms with Gasteiger partial charge in [-0.05, 0) is 73.5 Å². The Morgan fingerprint density at radius 1 is 0.969 bits per heavy atom. The molecule has 0 aliphatic carbocycles. The van der Waals surface area contributed by atoms with Gasteiger partial charge in [-0.3, -0.25) is 9.69 Å². The van der Waals surface area contributed by atoms with E-state index in [1.54, 1.807) is 0 Å². The number of anilines is 1. The maximum atomic E-state index is 11.2. The highest BCUT2D eigenvalue weighted by atomic mass is 16.4. The van der Waals surface area contributed by atoms with Crippen LogP contribution in [0.25, 0.3) is 10.8 Å². The molecule has 0 saturated carbocycles. The van der Waals surface area contributed by atoms with E-state index >= 15 is 0 Å². The fourth-order valence-corrected chi connectivity index (χ4v) is 5.44. The lowest BCUT2D eigenvalue weighted by molar-refractivity contribution is -0.143. The van der Waals surface area contributed by atoms with Crippen molar-refractivity contribution in [1.29, 1.82) is 0 Å². The molecular weight excluding hydrogens is 396 g/mol. The molecule has 5 rings (SSSR count). The zero-order chi connectivity index (χ0) is 22.2. The monoisotopic (exact) mass is 428 g/mol. The average Bonchev–Trinajstić information content (AvgIpc) is 2.76. The first kappa shape index (κ1) is 21.0. The predicted octanol–water partition coefficient (Wildman–Crippen LogP) is 5.36. The van der Waals surface area contributed by atoms with Crippen LogP contribution in [0.3, 0.4) is 0 Å². The zero-order valence-corrected chi connectivity index (χ0v) is 19.1. The fraction of sp³-hybridized carbons (Fsp3) is 0.393. The van der Waals surface area contributed by atoms with Gasteiger partial charge < -0.3 is 10.0 Å². The van der Waals surface area contributed by atoms with Crippen molar-refractivity contribution in [2.24, 2.45) is 5.92 Å². The number of aliphatic carboxylic acids is 1. The normalized spacial score (nSPS) is 18.1. The summed E-state index contributed by atoms with van der Waals surface area (Å²) in [5.41, 5.74) is 6.93. The number of benzene rings is 3. The maximum Gasteiger partial charge on any atom is 0.306 e. The topological polar surface area (TPSA) is 43.8 Å². The first-order valence-electron chi connectivity index (χ1n) is 11.8. The molecule has 2 aliphatic heterocycles. The van der Waals surface area contributed by atoms with Crippen LogP contribution in [-0.2, 0) is 11.3 Å². The number of fused-ring (bicyclic) bond motifs is 1. The van der Waals surface area contributed by atoms with Crippen molar-refractivity contribution < 1.29 is 9.90 Å². The summed E-state index contributed by atoms with van der Waals surface area (Å²) in [7, 11) is 0. The molecule has 0 radical (unpaired) electrons. The Balaban J connectivity index is 1.26. The van der Waals surface area contributed by atoms with Crippen molar-refractivity contribution in [2.45, 2.75) is 39.2 Å². The first-order chi connectivity index (χ1) is 15.5. The largest absolute Gasteiger partial charge is 0.481 e. The van der Waals surface area contributed by atoms with Crippen LogP contribution in [0.2, 0.25) is 0 Å². The van der Waals surface area contributed by atoms with Crippen LogP contribution in [-0.4, -0.2) is 42.2 Å². The Hall–Kier alpha value is -2.85.